The van der Waals surface area contributed by atoms with Crippen LogP contribution >= 0.6 is 15.9 Å². The van der Waals surface area contributed by atoms with Gasteiger partial charge in [-0.3, -0.25) is 9.78 Å². The van der Waals surface area contributed by atoms with E-state index < -0.39 is 0 Å². The number of benzene rings is 2. The van der Waals surface area contributed by atoms with Gasteiger partial charge >= 0.3 is 0 Å². The predicted molar refractivity (Wildman–Crippen MR) is 83.8 cm³/mol. The summed E-state index contributed by atoms with van der Waals surface area (Å²) in [6.45, 7) is 0. The topological polar surface area (TPSA) is 42.0 Å². The van der Waals surface area contributed by atoms with Gasteiger partial charge in [-0.05, 0) is 46.3 Å². The third-order valence-corrected chi connectivity index (χ3v) is 3.66. The lowest BCUT2D eigenvalue weighted by Crippen LogP contribution is -2.12. The van der Waals surface area contributed by atoms with Gasteiger partial charge < -0.3 is 5.32 Å². The molecular weight excluding hydrogens is 335 g/mol. The lowest BCUT2D eigenvalue weighted by Gasteiger charge is -2.08. The molecule has 104 valence electrons. The Balaban J connectivity index is 1.95. The van der Waals surface area contributed by atoms with Crippen molar-refractivity contribution in [2.45, 2.75) is 0 Å². The first-order valence-electron chi connectivity index (χ1n) is 6.25. The molecule has 1 heterocycles. The number of rotatable bonds is 2. The summed E-state index contributed by atoms with van der Waals surface area (Å²) in [7, 11) is 0. The third-order valence-electron chi connectivity index (χ3n) is 3.05. The molecule has 1 aromatic heterocycles. The molecule has 3 rings (SSSR count). The summed E-state index contributed by atoms with van der Waals surface area (Å²) in [4.78, 5) is 16.6. The van der Waals surface area contributed by atoms with Crippen LogP contribution in [0.4, 0.5) is 10.1 Å². The van der Waals surface area contributed by atoms with Gasteiger partial charge in [0, 0.05) is 17.3 Å². The summed E-state index contributed by atoms with van der Waals surface area (Å²) >= 11 is 3.09. The molecule has 0 spiro atoms. The number of para-hydroxylation sites is 1. The monoisotopic (exact) mass is 344 g/mol. The molecule has 2 aromatic carbocycles. The summed E-state index contributed by atoms with van der Waals surface area (Å²) in [5.41, 5.74) is 1.63. The molecule has 21 heavy (non-hydrogen) atoms. The second-order valence-electron chi connectivity index (χ2n) is 4.46. The van der Waals surface area contributed by atoms with Crippen molar-refractivity contribution in [2.75, 3.05) is 5.32 Å². The van der Waals surface area contributed by atoms with E-state index in [1.807, 2.05) is 18.2 Å². The predicted octanol–water partition coefficient (Wildman–Crippen LogP) is 4.39. The quantitative estimate of drug-likeness (QED) is 0.749. The van der Waals surface area contributed by atoms with Crippen molar-refractivity contribution in [3.05, 3.63) is 70.6 Å². The van der Waals surface area contributed by atoms with Crippen molar-refractivity contribution in [3.8, 4) is 0 Å². The summed E-state index contributed by atoms with van der Waals surface area (Å²) in [5, 5.41) is 3.64. The van der Waals surface area contributed by atoms with E-state index in [1.54, 1.807) is 18.3 Å². The Morgan fingerprint density at radius 3 is 2.76 bits per heavy atom. The molecule has 1 amide bonds. The summed E-state index contributed by atoms with van der Waals surface area (Å²) in [6, 6.07) is 13.5. The zero-order valence-corrected chi connectivity index (χ0v) is 12.4. The summed E-state index contributed by atoms with van der Waals surface area (Å²) in [5.74, 6) is -0.655. The number of hydrogen-bond donors (Lipinski definition) is 1. The molecule has 1 N–H and O–H groups in total. The third kappa shape index (κ3) is 2.78. The molecule has 0 saturated carbocycles. The van der Waals surface area contributed by atoms with Gasteiger partial charge in [0.25, 0.3) is 5.91 Å². The molecule has 0 atom stereocenters. The molecule has 0 fully saturated rings. The van der Waals surface area contributed by atoms with Crippen LogP contribution in [0.5, 0.6) is 0 Å². The molecule has 0 bridgehead atoms. The van der Waals surface area contributed by atoms with Crippen molar-refractivity contribution >= 4 is 38.4 Å². The smallest absolute Gasteiger partial charge is 0.257 e. The first kappa shape index (κ1) is 13.7. The number of anilines is 1. The van der Waals surface area contributed by atoms with Gasteiger partial charge in [-0.25, -0.2) is 4.39 Å². The molecule has 0 aliphatic rings. The largest absolute Gasteiger partial charge is 0.322 e. The van der Waals surface area contributed by atoms with Gasteiger partial charge in [0.05, 0.1) is 15.6 Å². The van der Waals surface area contributed by atoms with Crippen LogP contribution in [0.1, 0.15) is 10.4 Å². The second kappa shape index (κ2) is 5.61. The molecule has 5 heteroatoms. The average Bonchev–Trinajstić information content (AvgIpc) is 2.50. The van der Waals surface area contributed by atoms with Crippen LogP contribution < -0.4 is 5.32 Å². The van der Waals surface area contributed by atoms with E-state index in [1.165, 1.54) is 18.2 Å². The number of carbonyl (C=O) groups is 1. The Morgan fingerprint density at radius 1 is 1.14 bits per heavy atom. The highest BCUT2D eigenvalue weighted by Crippen LogP contribution is 2.22. The van der Waals surface area contributed by atoms with Crippen LogP contribution in [-0.4, -0.2) is 10.9 Å². The number of fused-ring (bicyclic) bond motifs is 1. The Morgan fingerprint density at radius 2 is 1.95 bits per heavy atom. The van der Waals surface area contributed by atoms with Gasteiger partial charge in [-0.1, -0.05) is 18.2 Å². The van der Waals surface area contributed by atoms with Crippen molar-refractivity contribution in [1.82, 2.24) is 4.98 Å². The highest BCUT2D eigenvalue weighted by atomic mass is 79.9. The van der Waals surface area contributed by atoms with E-state index in [2.05, 4.69) is 26.2 Å². The standard InChI is InChI=1S/C16H10BrFN2O/c17-13-9-11(6-7-14(13)18)20-16(21)12-5-1-3-10-4-2-8-19-15(10)12/h1-9H,(H,20,21). The zero-order chi connectivity index (χ0) is 14.8. The molecule has 0 radical (unpaired) electrons. The van der Waals surface area contributed by atoms with Crippen molar-refractivity contribution in [1.29, 1.82) is 0 Å². The maximum atomic E-state index is 13.2. The minimum Gasteiger partial charge on any atom is -0.322 e. The lowest BCUT2D eigenvalue weighted by molar-refractivity contribution is 0.102. The first-order valence-corrected chi connectivity index (χ1v) is 7.04. The van der Waals surface area contributed by atoms with E-state index in [0.717, 1.165) is 5.39 Å². The average molecular weight is 345 g/mol. The normalized spacial score (nSPS) is 10.6. The van der Waals surface area contributed by atoms with Crippen LogP contribution in [0.15, 0.2) is 59.2 Å². The van der Waals surface area contributed by atoms with Gasteiger partial charge in [-0.2, -0.15) is 0 Å². The minimum atomic E-state index is -0.375. The number of pyridine rings is 1. The maximum absolute atomic E-state index is 13.2. The maximum Gasteiger partial charge on any atom is 0.257 e. The van der Waals surface area contributed by atoms with E-state index in [0.29, 0.717) is 21.2 Å². The molecule has 0 unspecified atom stereocenters. The number of carbonyl (C=O) groups excluding carboxylic acids is 1. The molecule has 3 aromatic rings. The van der Waals surface area contributed by atoms with Gasteiger partial charge in [0.15, 0.2) is 0 Å². The molecule has 0 saturated heterocycles. The zero-order valence-electron chi connectivity index (χ0n) is 10.8. The lowest BCUT2D eigenvalue weighted by atomic mass is 10.1. The van der Waals surface area contributed by atoms with Gasteiger partial charge in [-0.15, -0.1) is 0 Å². The molecular formula is C16H10BrFN2O. The van der Waals surface area contributed by atoms with Crippen LogP contribution in [0.2, 0.25) is 0 Å². The molecule has 0 aliphatic heterocycles. The number of aromatic nitrogens is 1. The fraction of sp³-hybridized carbons (Fsp3) is 0. The summed E-state index contributed by atoms with van der Waals surface area (Å²) in [6.07, 6.45) is 1.65. The number of amides is 1. The number of halogens is 2. The molecule has 3 nitrogen and oxygen atoms in total. The highest BCUT2D eigenvalue weighted by molar-refractivity contribution is 9.10. The second-order valence-corrected chi connectivity index (χ2v) is 5.32. The fourth-order valence-corrected chi connectivity index (χ4v) is 2.44. The number of nitrogens with zero attached hydrogens (tertiary/aromatic N) is 1. The van der Waals surface area contributed by atoms with Crippen LogP contribution in [0, 0.1) is 5.82 Å². The SMILES string of the molecule is O=C(Nc1ccc(F)c(Br)c1)c1cccc2cccnc12. The summed E-state index contributed by atoms with van der Waals surface area (Å²) < 4.78 is 13.5. The van der Waals surface area contributed by atoms with Crippen LogP contribution in [-0.2, 0) is 0 Å². The Labute approximate surface area is 128 Å². The fourth-order valence-electron chi connectivity index (χ4n) is 2.06. The minimum absolute atomic E-state index is 0.280. The van der Waals surface area contributed by atoms with E-state index in [-0.39, 0.29) is 11.7 Å². The Bertz CT molecular complexity index is 830. The van der Waals surface area contributed by atoms with Crippen molar-refractivity contribution in [2.24, 2.45) is 0 Å². The van der Waals surface area contributed by atoms with Crippen LogP contribution in [0.25, 0.3) is 10.9 Å². The first-order chi connectivity index (χ1) is 10.1. The van der Waals surface area contributed by atoms with E-state index in [4.69, 9.17) is 0 Å². The van der Waals surface area contributed by atoms with E-state index >= 15 is 0 Å². The number of hydrogen-bond acceptors (Lipinski definition) is 2. The van der Waals surface area contributed by atoms with E-state index in [9.17, 15) is 9.18 Å². The van der Waals surface area contributed by atoms with Crippen LogP contribution in [0.3, 0.4) is 0 Å². The Hall–Kier alpha value is -2.27. The van der Waals surface area contributed by atoms with Gasteiger partial charge in [0.1, 0.15) is 5.82 Å². The van der Waals surface area contributed by atoms with Crippen molar-refractivity contribution < 1.29 is 9.18 Å². The molecule has 0 aliphatic carbocycles. The van der Waals surface area contributed by atoms with Crippen molar-refractivity contribution in [3.63, 3.8) is 0 Å². The number of nitrogens with one attached hydrogen (secondary N) is 1. The Kier molecular flexibility index (Phi) is 3.66. The highest BCUT2D eigenvalue weighted by Gasteiger charge is 2.11. The van der Waals surface area contributed by atoms with Gasteiger partial charge in [0.2, 0.25) is 0 Å².